The lowest BCUT2D eigenvalue weighted by Gasteiger charge is -2.21. The number of aromatic amines is 1. The SMILES string of the molecule is Cc1c([C@@H](NC(=O)Nc2ccc3nc[nH]c(=O)c3c2)C(C)C)oc2ccc(F)cc12. The van der Waals surface area contributed by atoms with Gasteiger partial charge in [0.2, 0.25) is 0 Å². The molecule has 2 amide bonds. The van der Waals surface area contributed by atoms with E-state index in [2.05, 4.69) is 20.6 Å². The molecule has 0 aliphatic heterocycles. The molecule has 4 rings (SSSR count). The van der Waals surface area contributed by atoms with Crippen molar-refractivity contribution in [1.29, 1.82) is 0 Å². The molecule has 3 N–H and O–H groups in total. The first-order chi connectivity index (χ1) is 14.3. The van der Waals surface area contributed by atoms with Gasteiger partial charge in [0.15, 0.2) is 0 Å². The second-order valence-electron chi connectivity index (χ2n) is 7.52. The number of H-pyrrole nitrogens is 1. The number of furan rings is 1. The summed E-state index contributed by atoms with van der Waals surface area (Å²) < 4.78 is 19.6. The van der Waals surface area contributed by atoms with E-state index >= 15 is 0 Å². The Bertz CT molecular complexity index is 1310. The van der Waals surface area contributed by atoms with Crippen molar-refractivity contribution >= 4 is 33.6 Å². The molecule has 0 saturated carbocycles. The Balaban J connectivity index is 1.59. The number of hydrogen-bond acceptors (Lipinski definition) is 4. The van der Waals surface area contributed by atoms with Crippen molar-refractivity contribution in [1.82, 2.24) is 15.3 Å². The van der Waals surface area contributed by atoms with Crippen LogP contribution in [0, 0.1) is 18.7 Å². The summed E-state index contributed by atoms with van der Waals surface area (Å²) in [7, 11) is 0. The third-order valence-electron chi connectivity index (χ3n) is 5.07. The highest BCUT2D eigenvalue weighted by atomic mass is 19.1. The van der Waals surface area contributed by atoms with Crippen LogP contribution >= 0.6 is 0 Å². The van der Waals surface area contributed by atoms with Crippen LogP contribution < -0.4 is 16.2 Å². The Morgan fingerprint density at radius 1 is 1.17 bits per heavy atom. The lowest BCUT2D eigenvalue weighted by molar-refractivity contribution is 0.241. The van der Waals surface area contributed by atoms with Crippen LogP contribution in [0.2, 0.25) is 0 Å². The molecule has 1 atom stereocenters. The van der Waals surface area contributed by atoms with Crippen molar-refractivity contribution in [3.63, 3.8) is 0 Å². The number of aryl methyl sites for hydroxylation is 1. The maximum absolute atomic E-state index is 13.6. The second-order valence-corrected chi connectivity index (χ2v) is 7.52. The Morgan fingerprint density at radius 2 is 1.97 bits per heavy atom. The van der Waals surface area contributed by atoms with Gasteiger partial charge in [0.05, 0.1) is 23.3 Å². The second kappa shape index (κ2) is 7.62. The molecule has 0 aliphatic carbocycles. The summed E-state index contributed by atoms with van der Waals surface area (Å²) in [6, 6.07) is 8.39. The number of carbonyl (C=O) groups is 1. The van der Waals surface area contributed by atoms with Gasteiger partial charge in [-0.25, -0.2) is 14.2 Å². The van der Waals surface area contributed by atoms with Gasteiger partial charge in [0, 0.05) is 16.6 Å². The van der Waals surface area contributed by atoms with Crippen LogP contribution in [0.15, 0.2) is 51.9 Å². The summed E-state index contributed by atoms with van der Waals surface area (Å²) >= 11 is 0. The summed E-state index contributed by atoms with van der Waals surface area (Å²) in [6.45, 7) is 5.76. The zero-order valence-corrected chi connectivity index (χ0v) is 16.7. The number of urea groups is 1. The van der Waals surface area contributed by atoms with Crippen molar-refractivity contribution in [2.24, 2.45) is 5.92 Å². The fourth-order valence-electron chi connectivity index (χ4n) is 3.50. The number of anilines is 1. The molecule has 154 valence electrons. The first-order valence-corrected chi connectivity index (χ1v) is 9.57. The van der Waals surface area contributed by atoms with Gasteiger partial charge in [0.1, 0.15) is 17.2 Å². The summed E-state index contributed by atoms with van der Waals surface area (Å²) in [6.07, 6.45) is 1.33. The molecular weight excluding hydrogens is 387 g/mol. The number of hydrogen-bond donors (Lipinski definition) is 3. The Kier molecular flexibility index (Phi) is 4.99. The molecule has 2 heterocycles. The minimum atomic E-state index is -0.445. The number of carbonyl (C=O) groups excluding carboxylic acids is 1. The quantitative estimate of drug-likeness (QED) is 0.458. The summed E-state index contributed by atoms with van der Waals surface area (Å²) in [4.78, 5) is 31.2. The minimum absolute atomic E-state index is 0.0171. The van der Waals surface area contributed by atoms with Gasteiger partial charge in [-0.05, 0) is 49.2 Å². The number of aromatic nitrogens is 2. The minimum Gasteiger partial charge on any atom is -0.459 e. The van der Waals surface area contributed by atoms with Crippen LogP contribution in [0.1, 0.15) is 31.2 Å². The molecule has 8 heteroatoms. The van der Waals surface area contributed by atoms with E-state index in [0.717, 1.165) is 5.56 Å². The van der Waals surface area contributed by atoms with Gasteiger partial charge in [-0.15, -0.1) is 0 Å². The molecule has 2 aromatic carbocycles. The van der Waals surface area contributed by atoms with Gasteiger partial charge < -0.3 is 20.0 Å². The van der Waals surface area contributed by atoms with Crippen LogP contribution in [-0.2, 0) is 0 Å². The topological polar surface area (TPSA) is 100 Å². The van der Waals surface area contributed by atoms with Gasteiger partial charge in [-0.3, -0.25) is 4.79 Å². The van der Waals surface area contributed by atoms with E-state index in [1.807, 2.05) is 20.8 Å². The molecular formula is C22H21FN4O3. The molecule has 0 radical (unpaired) electrons. The van der Waals surface area contributed by atoms with Crippen molar-refractivity contribution < 1.29 is 13.6 Å². The predicted octanol–water partition coefficient (Wildman–Crippen LogP) is 4.64. The largest absolute Gasteiger partial charge is 0.459 e. The molecule has 30 heavy (non-hydrogen) atoms. The zero-order valence-electron chi connectivity index (χ0n) is 16.7. The van der Waals surface area contributed by atoms with E-state index in [0.29, 0.717) is 33.3 Å². The number of nitrogens with one attached hydrogen (secondary N) is 3. The summed E-state index contributed by atoms with van der Waals surface area (Å²) in [5.74, 6) is 0.258. The predicted molar refractivity (Wildman–Crippen MR) is 113 cm³/mol. The molecule has 2 aromatic heterocycles. The number of fused-ring (bicyclic) bond motifs is 2. The van der Waals surface area contributed by atoms with E-state index in [4.69, 9.17) is 4.42 Å². The van der Waals surface area contributed by atoms with Crippen LogP contribution in [0.5, 0.6) is 0 Å². The first kappa shape index (κ1) is 19.6. The normalized spacial score (nSPS) is 12.4. The lowest BCUT2D eigenvalue weighted by Crippen LogP contribution is -2.35. The third-order valence-corrected chi connectivity index (χ3v) is 5.07. The van der Waals surface area contributed by atoms with E-state index in [9.17, 15) is 14.0 Å². The fraction of sp³-hybridized carbons (Fsp3) is 0.227. The van der Waals surface area contributed by atoms with Crippen molar-refractivity contribution in [3.05, 3.63) is 70.2 Å². The lowest BCUT2D eigenvalue weighted by atomic mass is 9.98. The van der Waals surface area contributed by atoms with E-state index < -0.39 is 12.1 Å². The highest BCUT2D eigenvalue weighted by Crippen LogP contribution is 2.33. The molecule has 0 unspecified atom stereocenters. The molecule has 0 spiro atoms. The standard InChI is InChI=1S/C22H21FN4O3/c1-11(2)19(20-12(3)15-8-13(23)4-7-18(15)30-20)27-22(29)26-14-5-6-17-16(9-14)21(28)25-10-24-17/h4-11,19H,1-3H3,(H,24,25,28)(H2,26,27,29)/t19-/m0/s1. The molecule has 4 aromatic rings. The highest BCUT2D eigenvalue weighted by molar-refractivity contribution is 5.92. The van der Waals surface area contributed by atoms with E-state index in [-0.39, 0.29) is 17.3 Å². The van der Waals surface area contributed by atoms with Gasteiger partial charge in [-0.1, -0.05) is 13.8 Å². The zero-order chi connectivity index (χ0) is 21.4. The summed E-state index contributed by atoms with van der Waals surface area (Å²) in [5, 5.41) is 6.73. The number of rotatable bonds is 4. The van der Waals surface area contributed by atoms with Gasteiger partial charge >= 0.3 is 6.03 Å². The van der Waals surface area contributed by atoms with Crippen molar-refractivity contribution in [3.8, 4) is 0 Å². The number of halogens is 1. The molecule has 0 saturated heterocycles. The van der Waals surface area contributed by atoms with Crippen LogP contribution in [0.3, 0.4) is 0 Å². The monoisotopic (exact) mass is 408 g/mol. The average molecular weight is 408 g/mol. The average Bonchev–Trinajstić information content (AvgIpc) is 3.02. The highest BCUT2D eigenvalue weighted by Gasteiger charge is 2.25. The smallest absolute Gasteiger partial charge is 0.319 e. The van der Waals surface area contributed by atoms with E-state index in [1.54, 1.807) is 24.3 Å². The van der Waals surface area contributed by atoms with Crippen LogP contribution in [0.25, 0.3) is 21.9 Å². The number of amides is 2. The molecule has 7 nitrogen and oxygen atoms in total. The maximum atomic E-state index is 13.6. The van der Waals surface area contributed by atoms with Crippen LogP contribution in [-0.4, -0.2) is 16.0 Å². The Hall–Kier alpha value is -3.68. The van der Waals surface area contributed by atoms with Crippen molar-refractivity contribution in [2.75, 3.05) is 5.32 Å². The Labute approximate surface area is 171 Å². The summed E-state index contributed by atoms with van der Waals surface area (Å²) in [5.41, 5.74) is 2.07. The van der Waals surface area contributed by atoms with Crippen molar-refractivity contribution in [2.45, 2.75) is 26.8 Å². The van der Waals surface area contributed by atoms with E-state index in [1.165, 1.54) is 18.5 Å². The molecule has 0 bridgehead atoms. The van der Waals surface area contributed by atoms with Gasteiger partial charge in [0.25, 0.3) is 5.56 Å². The Morgan fingerprint density at radius 3 is 2.73 bits per heavy atom. The number of benzene rings is 2. The molecule has 0 aliphatic rings. The third kappa shape index (κ3) is 3.63. The maximum Gasteiger partial charge on any atom is 0.319 e. The first-order valence-electron chi connectivity index (χ1n) is 9.57. The van der Waals surface area contributed by atoms with Gasteiger partial charge in [-0.2, -0.15) is 0 Å². The fourth-order valence-corrected chi connectivity index (χ4v) is 3.50. The number of nitrogens with zero attached hydrogens (tertiary/aromatic N) is 1. The van der Waals surface area contributed by atoms with Crippen LogP contribution in [0.4, 0.5) is 14.9 Å². The molecule has 0 fully saturated rings.